The van der Waals surface area contributed by atoms with Gasteiger partial charge in [0.25, 0.3) is 10.0 Å². The van der Waals surface area contributed by atoms with Crippen LogP contribution in [0.3, 0.4) is 0 Å². The van der Waals surface area contributed by atoms with Gasteiger partial charge in [-0.25, -0.2) is 8.42 Å². The Hall–Kier alpha value is -2.11. The van der Waals surface area contributed by atoms with Crippen LogP contribution in [-0.4, -0.2) is 15.5 Å². The maximum Gasteiger partial charge on any atom is 0.264 e. The zero-order valence-electron chi connectivity index (χ0n) is 13.1. The van der Waals surface area contributed by atoms with Crippen LogP contribution in [0, 0.1) is 0 Å². The molecule has 0 saturated heterocycles. The summed E-state index contributed by atoms with van der Waals surface area (Å²) in [7, 11) is -2.04. The molecule has 5 heteroatoms. The first kappa shape index (κ1) is 16.7. The summed E-state index contributed by atoms with van der Waals surface area (Å²) in [6.07, 6.45) is 0. The Bertz CT molecular complexity index is 939. The normalized spacial score (nSPS) is 11.2. The van der Waals surface area contributed by atoms with Gasteiger partial charge in [-0.1, -0.05) is 64.5 Å². The lowest BCUT2D eigenvalue weighted by Gasteiger charge is -2.22. The Morgan fingerprint density at radius 3 is 2.04 bits per heavy atom. The second kappa shape index (κ2) is 6.79. The van der Waals surface area contributed by atoms with Crippen LogP contribution in [0.1, 0.15) is 0 Å². The Kier molecular flexibility index (Phi) is 4.73. The third kappa shape index (κ3) is 3.23. The van der Waals surface area contributed by atoms with Gasteiger partial charge >= 0.3 is 0 Å². The van der Waals surface area contributed by atoms with E-state index in [4.69, 9.17) is 0 Å². The van der Waals surface area contributed by atoms with E-state index in [9.17, 15) is 8.42 Å². The maximum absolute atomic E-state index is 12.9. The van der Waals surface area contributed by atoms with Gasteiger partial charge in [-0.15, -0.1) is 0 Å². The van der Waals surface area contributed by atoms with Crippen LogP contribution in [0.15, 0.2) is 88.2 Å². The molecule has 0 N–H and O–H groups in total. The van der Waals surface area contributed by atoms with Crippen LogP contribution in [-0.2, 0) is 10.0 Å². The van der Waals surface area contributed by atoms with Crippen LogP contribution in [0.25, 0.3) is 11.1 Å². The predicted molar refractivity (Wildman–Crippen MR) is 102 cm³/mol. The molecular weight excluding hydrogens is 386 g/mol. The zero-order valence-corrected chi connectivity index (χ0v) is 15.5. The molecule has 0 atom stereocenters. The summed E-state index contributed by atoms with van der Waals surface area (Å²) >= 11 is 3.33. The topological polar surface area (TPSA) is 37.4 Å². The molecule has 122 valence electrons. The van der Waals surface area contributed by atoms with E-state index in [1.165, 1.54) is 4.31 Å². The predicted octanol–water partition coefficient (Wildman–Crippen LogP) is 4.94. The molecule has 3 aromatic rings. The van der Waals surface area contributed by atoms with Gasteiger partial charge in [0, 0.05) is 17.1 Å². The van der Waals surface area contributed by atoms with Crippen molar-refractivity contribution in [3.8, 4) is 11.1 Å². The average Bonchev–Trinajstić information content (AvgIpc) is 2.62. The molecule has 0 aliphatic carbocycles. The molecule has 0 bridgehead atoms. The van der Waals surface area contributed by atoms with Gasteiger partial charge in [0.1, 0.15) is 0 Å². The molecule has 0 spiro atoms. The van der Waals surface area contributed by atoms with Gasteiger partial charge in [-0.05, 0) is 35.9 Å². The number of sulfonamides is 1. The highest BCUT2D eigenvalue weighted by Gasteiger charge is 2.23. The van der Waals surface area contributed by atoms with Crippen LogP contribution < -0.4 is 4.31 Å². The molecule has 0 amide bonds. The molecule has 0 fully saturated rings. The highest BCUT2D eigenvalue weighted by atomic mass is 79.9. The van der Waals surface area contributed by atoms with Gasteiger partial charge in [0.2, 0.25) is 0 Å². The minimum Gasteiger partial charge on any atom is -0.269 e. The van der Waals surface area contributed by atoms with Gasteiger partial charge in [0.05, 0.1) is 10.6 Å². The van der Waals surface area contributed by atoms with Gasteiger partial charge in [-0.2, -0.15) is 0 Å². The maximum atomic E-state index is 12.9. The molecule has 3 rings (SSSR count). The fourth-order valence-electron chi connectivity index (χ4n) is 2.50. The van der Waals surface area contributed by atoms with Crippen LogP contribution in [0.5, 0.6) is 0 Å². The Labute approximate surface area is 150 Å². The molecule has 0 aliphatic rings. The third-order valence-electron chi connectivity index (χ3n) is 3.80. The quantitative estimate of drug-likeness (QED) is 0.620. The molecule has 0 radical (unpaired) electrons. The molecule has 0 aliphatic heterocycles. The van der Waals surface area contributed by atoms with Gasteiger partial charge in [0.15, 0.2) is 0 Å². The van der Waals surface area contributed by atoms with E-state index in [1.807, 2.05) is 54.6 Å². The number of para-hydroxylation sites is 1. The van der Waals surface area contributed by atoms with E-state index in [1.54, 1.807) is 31.3 Å². The molecule has 0 saturated carbocycles. The second-order valence-corrected chi connectivity index (χ2v) is 8.19. The number of benzene rings is 3. The van der Waals surface area contributed by atoms with Crippen molar-refractivity contribution in [3.63, 3.8) is 0 Å². The molecule has 24 heavy (non-hydrogen) atoms. The SMILES string of the molecule is CN(c1ccccc1-c1ccccc1)S(=O)(=O)c1ccc(Br)cc1. The first-order chi connectivity index (χ1) is 11.5. The fraction of sp³-hybridized carbons (Fsp3) is 0.0526. The number of rotatable bonds is 4. The first-order valence-corrected chi connectivity index (χ1v) is 9.62. The number of anilines is 1. The van der Waals surface area contributed by atoms with E-state index >= 15 is 0 Å². The summed E-state index contributed by atoms with van der Waals surface area (Å²) in [5, 5.41) is 0. The Balaban J connectivity index is 2.08. The van der Waals surface area contributed by atoms with E-state index in [2.05, 4.69) is 15.9 Å². The lowest BCUT2D eigenvalue weighted by Crippen LogP contribution is -2.27. The van der Waals surface area contributed by atoms with Crippen molar-refractivity contribution in [1.82, 2.24) is 0 Å². The summed E-state index contributed by atoms with van der Waals surface area (Å²) in [6, 6.07) is 23.9. The Morgan fingerprint density at radius 2 is 1.38 bits per heavy atom. The van der Waals surface area contributed by atoms with Crippen molar-refractivity contribution in [2.45, 2.75) is 4.90 Å². The number of hydrogen-bond acceptors (Lipinski definition) is 2. The monoisotopic (exact) mass is 401 g/mol. The second-order valence-electron chi connectivity index (χ2n) is 5.31. The molecular formula is C19H16BrNO2S. The molecule has 0 heterocycles. The van der Waals surface area contributed by atoms with Crippen LogP contribution >= 0.6 is 15.9 Å². The van der Waals surface area contributed by atoms with Gasteiger partial charge < -0.3 is 0 Å². The average molecular weight is 402 g/mol. The van der Waals surface area contributed by atoms with E-state index in [0.717, 1.165) is 15.6 Å². The standard InChI is InChI=1S/C19H16BrNO2S/c1-21(24(22,23)17-13-11-16(20)12-14-17)19-10-6-5-9-18(19)15-7-3-2-4-8-15/h2-14H,1H3. The van der Waals surface area contributed by atoms with Crippen molar-refractivity contribution in [3.05, 3.63) is 83.3 Å². The summed E-state index contributed by atoms with van der Waals surface area (Å²) < 4.78 is 28.0. The van der Waals surface area contributed by atoms with Crippen molar-refractivity contribution in [2.24, 2.45) is 0 Å². The smallest absolute Gasteiger partial charge is 0.264 e. The molecule has 3 nitrogen and oxygen atoms in total. The molecule has 3 aromatic carbocycles. The minimum atomic E-state index is -3.63. The van der Waals surface area contributed by atoms with Gasteiger partial charge in [-0.3, -0.25) is 4.31 Å². The van der Waals surface area contributed by atoms with Crippen LogP contribution in [0.4, 0.5) is 5.69 Å². The highest BCUT2D eigenvalue weighted by molar-refractivity contribution is 9.10. The van der Waals surface area contributed by atoms with Crippen molar-refractivity contribution in [1.29, 1.82) is 0 Å². The lowest BCUT2D eigenvalue weighted by molar-refractivity contribution is 0.594. The highest BCUT2D eigenvalue weighted by Crippen LogP contribution is 2.33. The summed E-state index contributed by atoms with van der Waals surface area (Å²) in [5.41, 5.74) is 2.50. The van der Waals surface area contributed by atoms with E-state index in [0.29, 0.717) is 5.69 Å². The molecule has 0 unspecified atom stereocenters. The lowest BCUT2D eigenvalue weighted by atomic mass is 10.0. The van der Waals surface area contributed by atoms with Crippen molar-refractivity contribution >= 4 is 31.6 Å². The largest absolute Gasteiger partial charge is 0.269 e. The fourth-order valence-corrected chi connectivity index (χ4v) is 3.98. The number of hydrogen-bond donors (Lipinski definition) is 0. The number of nitrogens with zero attached hydrogens (tertiary/aromatic N) is 1. The third-order valence-corrected chi connectivity index (χ3v) is 6.11. The first-order valence-electron chi connectivity index (χ1n) is 7.39. The van der Waals surface area contributed by atoms with Crippen molar-refractivity contribution in [2.75, 3.05) is 11.4 Å². The summed E-state index contributed by atoms with van der Waals surface area (Å²) in [4.78, 5) is 0.260. The summed E-state index contributed by atoms with van der Waals surface area (Å²) in [5.74, 6) is 0. The van der Waals surface area contributed by atoms with E-state index < -0.39 is 10.0 Å². The number of halogens is 1. The van der Waals surface area contributed by atoms with E-state index in [-0.39, 0.29) is 4.90 Å². The molecule has 0 aromatic heterocycles. The minimum absolute atomic E-state index is 0.260. The summed E-state index contributed by atoms with van der Waals surface area (Å²) in [6.45, 7) is 0. The van der Waals surface area contributed by atoms with Crippen LogP contribution in [0.2, 0.25) is 0 Å². The Morgan fingerprint density at radius 1 is 0.792 bits per heavy atom. The van der Waals surface area contributed by atoms with Crippen molar-refractivity contribution < 1.29 is 8.42 Å². The zero-order chi connectivity index (χ0) is 17.2.